The van der Waals surface area contributed by atoms with Crippen LogP contribution in [0.1, 0.15) is 46.5 Å². The molecule has 1 saturated heterocycles. The Labute approximate surface area is 93.6 Å². The van der Waals surface area contributed by atoms with Gasteiger partial charge in [0.25, 0.3) is 0 Å². The van der Waals surface area contributed by atoms with E-state index < -0.39 is 0 Å². The van der Waals surface area contributed by atoms with Crippen LogP contribution in [0.5, 0.6) is 0 Å². The molecule has 0 aliphatic carbocycles. The molecule has 1 atom stereocenters. The van der Waals surface area contributed by atoms with E-state index in [2.05, 4.69) is 37.4 Å². The van der Waals surface area contributed by atoms with E-state index in [1.807, 2.05) is 0 Å². The van der Waals surface area contributed by atoms with E-state index in [9.17, 15) is 0 Å². The van der Waals surface area contributed by atoms with Gasteiger partial charge in [0.05, 0.1) is 0 Å². The summed E-state index contributed by atoms with van der Waals surface area (Å²) in [5.41, 5.74) is 0. The second-order valence-corrected chi connectivity index (χ2v) is 5.99. The Morgan fingerprint density at radius 2 is 2.14 bits per heavy atom. The average Bonchev–Trinajstić information content (AvgIpc) is 2.18. The van der Waals surface area contributed by atoms with Crippen molar-refractivity contribution in [2.45, 2.75) is 57.7 Å². The van der Waals surface area contributed by atoms with Gasteiger partial charge in [0.1, 0.15) is 0 Å². The Balaban J connectivity index is 2.29. The molecule has 0 aromatic heterocycles. The van der Waals surface area contributed by atoms with E-state index in [1.54, 1.807) is 0 Å². The van der Waals surface area contributed by atoms with E-state index in [0.29, 0.717) is 0 Å². The van der Waals surface area contributed by atoms with E-state index in [0.717, 1.165) is 11.3 Å². The first kappa shape index (κ1) is 12.4. The highest BCUT2D eigenvalue weighted by atomic mass is 32.2. The van der Waals surface area contributed by atoms with Crippen LogP contribution >= 0.6 is 11.8 Å². The van der Waals surface area contributed by atoms with Gasteiger partial charge >= 0.3 is 0 Å². The molecule has 0 amide bonds. The molecule has 0 saturated carbocycles. The maximum absolute atomic E-state index is 2.64. The number of hydrogen-bond donors (Lipinski definition) is 0. The van der Waals surface area contributed by atoms with Crippen LogP contribution < -0.4 is 0 Å². The van der Waals surface area contributed by atoms with Crippen LogP contribution in [-0.4, -0.2) is 35.0 Å². The molecule has 1 unspecified atom stereocenters. The first-order valence-corrected chi connectivity index (χ1v) is 7.14. The minimum Gasteiger partial charge on any atom is -0.300 e. The topological polar surface area (TPSA) is 3.24 Å². The van der Waals surface area contributed by atoms with Crippen LogP contribution in [0.25, 0.3) is 0 Å². The SMILES string of the molecule is CCCN(CC1CCCCS1)C(C)C. The molecule has 2 heteroatoms. The fourth-order valence-electron chi connectivity index (χ4n) is 2.06. The maximum Gasteiger partial charge on any atom is 0.0175 e. The smallest absolute Gasteiger partial charge is 0.0175 e. The molecular weight excluding hydrogens is 190 g/mol. The minimum atomic E-state index is 0.720. The Hall–Kier alpha value is 0.310. The molecule has 1 rings (SSSR count). The Kier molecular flexibility index (Phi) is 5.95. The van der Waals surface area contributed by atoms with Crippen molar-refractivity contribution in [2.24, 2.45) is 0 Å². The van der Waals surface area contributed by atoms with Crippen LogP contribution in [0, 0.1) is 0 Å². The third kappa shape index (κ3) is 4.22. The summed E-state index contributed by atoms with van der Waals surface area (Å²) in [5, 5.41) is 0.915. The van der Waals surface area contributed by atoms with Gasteiger partial charge in [0, 0.05) is 17.8 Å². The molecule has 1 nitrogen and oxygen atoms in total. The zero-order valence-corrected chi connectivity index (χ0v) is 10.8. The highest BCUT2D eigenvalue weighted by Crippen LogP contribution is 2.26. The quantitative estimate of drug-likeness (QED) is 0.691. The second kappa shape index (κ2) is 6.73. The Morgan fingerprint density at radius 3 is 2.64 bits per heavy atom. The summed E-state index contributed by atoms with van der Waals surface area (Å²) in [6, 6.07) is 0.720. The second-order valence-electron chi connectivity index (χ2n) is 4.58. The van der Waals surface area contributed by atoms with Crippen LogP contribution in [0.15, 0.2) is 0 Å². The summed E-state index contributed by atoms with van der Waals surface area (Å²) in [7, 11) is 0. The van der Waals surface area contributed by atoms with Gasteiger partial charge in [-0.2, -0.15) is 11.8 Å². The number of thioether (sulfide) groups is 1. The number of rotatable bonds is 5. The lowest BCUT2D eigenvalue weighted by molar-refractivity contribution is 0.219. The average molecular weight is 215 g/mol. The van der Waals surface area contributed by atoms with Crippen molar-refractivity contribution in [3.05, 3.63) is 0 Å². The molecule has 84 valence electrons. The highest BCUT2D eigenvalue weighted by Gasteiger charge is 2.18. The molecule has 0 aromatic carbocycles. The Bertz CT molecular complexity index is 141. The fraction of sp³-hybridized carbons (Fsp3) is 1.00. The molecule has 0 N–H and O–H groups in total. The Morgan fingerprint density at radius 1 is 1.36 bits per heavy atom. The van der Waals surface area contributed by atoms with Crippen LogP contribution in [0.2, 0.25) is 0 Å². The zero-order valence-electron chi connectivity index (χ0n) is 9.96. The molecular formula is C12H25NS. The van der Waals surface area contributed by atoms with Gasteiger partial charge in [0.2, 0.25) is 0 Å². The lowest BCUT2D eigenvalue weighted by atomic mass is 10.1. The molecule has 0 aromatic rings. The maximum atomic E-state index is 2.64. The summed E-state index contributed by atoms with van der Waals surface area (Å²) in [4.78, 5) is 2.64. The molecule has 1 fully saturated rings. The molecule has 1 heterocycles. The summed E-state index contributed by atoms with van der Waals surface area (Å²) in [6.07, 6.45) is 5.62. The van der Waals surface area contributed by atoms with Gasteiger partial charge in [-0.15, -0.1) is 0 Å². The van der Waals surface area contributed by atoms with Gasteiger partial charge in [-0.05, 0) is 45.4 Å². The molecule has 1 aliphatic rings. The van der Waals surface area contributed by atoms with Crippen molar-refractivity contribution >= 4 is 11.8 Å². The first-order chi connectivity index (χ1) is 6.74. The van der Waals surface area contributed by atoms with Gasteiger partial charge in [-0.3, -0.25) is 4.90 Å². The monoisotopic (exact) mass is 215 g/mol. The van der Waals surface area contributed by atoms with Crippen molar-refractivity contribution < 1.29 is 0 Å². The van der Waals surface area contributed by atoms with E-state index >= 15 is 0 Å². The van der Waals surface area contributed by atoms with Gasteiger partial charge in [-0.25, -0.2) is 0 Å². The van der Waals surface area contributed by atoms with Gasteiger partial charge in [-0.1, -0.05) is 13.3 Å². The van der Waals surface area contributed by atoms with Crippen LogP contribution in [-0.2, 0) is 0 Å². The molecule has 0 radical (unpaired) electrons. The van der Waals surface area contributed by atoms with Crippen molar-refractivity contribution in [3.8, 4) is 0 Å². The molecule has 14 heavy (non-hydrogen) atoms. The van der Waals surface area contributed by atoms with Crippen molar-refractivity contribution in [3.63, 3.8) is 0 Å². The third-order valence-corrected chi connectivity index (χ3v) is 4.33. The summed E-state index contributed by atoms with van der Waals surface area (Å²) in [6.45, 7) is 9.51. The van der Waals surface area contributed by atoms with Crippen LogP contribution in [0.4, 0.5) is 0 Å². The number of nitrogens with zero attached hydrogens (tertiary/aromatic N) is 1. The van der Waals surface area contributed by atoms with Crippen molar-refractivity contribution in [2.75, 3.05) is 18.8 Å². The van der Waals surface area contributed by atoms with Crippen LogP contribution in [0.3, 0.4) is 0 Å². The largest absolute Gasteiger partial charge is 0.300 e. The lowest BCUT2D eigenvalue weighted by Gasteiger charge is -2.31. The predicted molar refractivity (Wildman–Crippen MR) is 67.1 cm³/mol. The highest BCUT2D eigenvalue weighted by molar-refractivity contribution is 7.99. The van der Waals surface area contributed by atoms with E-state index in [-0.39, 0.29) is 0 Å². The standard InChI is InChI=1S/C12H25NS/c1-4-8-13(11(2)3)10-12-7-5-6-9-14-12/h11-12H,4-10H2,1-3H3. The van der Waals surface area contributed by atoms with E-state index in [1.165, 1.54) is 44.5 Å². The normalized spacial score (nSPS) is 23.4. The van der Waals surface area contributed by atoms with Crippen molar-refractivity contribution in [1.82, 2.24) is 4.90 Å². The fourth-order valence-corrected chi connectivity index (χ4v) is 3.39. The predicted octanol–water partition coefficient (Wildman–Crippen LogP) is 3.39. The molecule has 0 spiro atoms. The van der Waals surface area contributed by atoms with E-state index in [4.69, 9.17) is 0 Å². The number of hydrogen-bond acceptors (Lipinski definition) is 2. The lowest BCUT2D eigenvalue weighted by Crippen LogP contribution is -2.37. The summed E-state index contributed by atoms with van der Waals surface area (Å²) >= 11 is 2.19. The van der Waals surface area contributed by atoms with Gasteiger partial charge in [0.15, 0.2) is 0 Å². The minimum absolute atomic E-state index is 0.720. The molecule has 0 bridgehead atoms. The van der Waals surface area contributed by atoms with Gasteiger partial charge < -0.3 is 0 Å². The first-order valence-electron chi connectivity index (χ1n) is 6.09. The third-order valence-electron chi connectivity index (χ3n) is 2.95. The summed E-state index contributed by atoms with van der Waals surface area (Å²) < 4.78 is 0. The molecule has 1 aliphatic heterocycles. The zero-order chi connectivity index (χ0) is 10.4. The summed E-state index contributed by atoms with van der Waals surface area (Å²) in [5.74, 6) is 1.39. The van der Waals surface area contributed by atoms with Crippen molar-refractivity contribution in [1.29, 1.82) is 0 Å².